The molecule has 4 rings (SSSR count). The molecule has 290 valence electrons. The topological polar surface area (TPSA) is 14.2 Å². The van der Waals surface area contributed by atoms with Crippen LogP contribution in [-0.4, -0.2) is 103 Å². The van der Waals surface area contributed by atoms with Crippen LogP contribution in [0.3, 0.4) is 0 Å². The average molecular weight is 769 g/mol. The minimum atomic E-state index is 1.05. The van der Waals surface area contributed by atoms with Gasteiger partial charge in [-0.2, -0.15) is 9.13 Å². The van der Waals surface area contributed by atoms with Gasteiger partial charge in [0.15, 0.2) is 12.4 Å². The molecule has 0 aliphatic carbocycles. The number of aromatic nitrogens is 2. The first kappa shape index (κ1) is 43.2. The van der Waals surface area contributed by atoms with E-state index >= 15 is 0 Å². The minimum absolute atomic E-state index is 1.05. The van der Waals surface area contributed by atoms with Crippen molar-refractivity contribution in [2.45, 2.75) is 38.8 Å². The third kappa shape index (κ3) is 15.7. The summed E-state index contributed by atoms with van der Waals surface area (Å²) >= 11 is 0. The minimum Gasteiger partial charge on any atom is -0.378 e. The van der Waals surface area contributed by atoms with Crippen LogP contribution in [-0.2, 0) is 13.1 Å². The van der Waals surface area contributed by atoms with Crippen LogP contribution in [0.5, 0.6) is 0 Å². The Morgan fingerprint density at radius 1 is 0.481 bits per heavy atom. The van der Waals surface area contributed by atoms with E-state index < -0.39 is 0 Å². The van der Waals surface area contributed by atoms with Gasteiger partial charge in [-0.15, -0.1) is 0 Å². The largest absolute Gasteiger partial charge is 0.378 e. The first-order valence-corrected chi connectivity index (χ1v) is 22.2. The summed E-state index contributed by atoms with van der Waals surface area (Å²) in [6, 6.07) is 30.4. The molecule has 0 saturated heterocycles. The maximum Gasteiger partial charge on any atom is 0.205 e. The first-order chi connectivity index (χ1) is 25.9. The van der Waals surface area contributed by atoms with Crippen molar-refractivity contribution < 1.29 is 18.1 Å². The molecule has 4 aromatic rings. The Balaban J connectivity index is 1.07. The van der Waals surface area contributed by atoms with Crippen LogP contribution >= 0.6 is 21.6 Å². The molecular formula is C46H68N6S2+4. The van der Waals surface area contributed by atoms with Gasteiger partial charge in [-0.1, -0.05) is 45.9 Å². The van der Waals surface area contributed by atoms with Gasteiger partial charge in [-0.25, -0.2) is 0 Å². The van der Waals surface area contributed by atoms with Gasteiger partial charge in [0.25, 0.3) is 0 Å². The fourth-order valence-corrected chi connectivity index (χ4v) is 8.90. The zero-order valence-corrected chi connectivity index (χ0v) is 36.2. The summed E-state index contributed by atoms with van der Waals surface area (Å²) in [5.74, 6) is 2.41. The van der Waals surface area contributed by atoms with Gasteiger partial charge in [0.1, 0.15) is 13.1 Å². The molecule has 2 heterocycles. The highest BCUT2D eigenvalue weighted by molar-refractivity contribution is 8.76. The molecule has 0 bridgehead atoms. The van der Waals surface area contributed by atoms with Crippen molar-refractivity contribution in [3.05, 3.63) is 120 Å². The zero-order valence-electron chi connectivity index (χ0n) is 34.5. The summed E-state index contributed by atoms with van der Waals surface area (Å²) in [6.45, 7) is 6.97. The second-order valence-electron chi connectivity index (χ2n) is 16.1. The standard InChI is InChI=1S/C46H68N6S2/c1-47(2)43-25-19-41(20-26-43)23-29-45-17-9-11-31-49(45)33-13-15-35-51(5,6)37-39-53-54-40-38-52(7,8)36-16-14-34-50-32-12-10-18-46(50)30-24-42-21-27-44(28-22-42)48(3)4/h9-12,17-32H,13-16,33-40H2,1-8H3/q+4. The van der Waals surface area contributed by atoms with E-state index in [2.05, 4.69) is 219 Å². The van der Waals surface area contributed by atoms with Crippen LogP contribution in [0.25, 0.3) is 24.3 Å². The van der Waals surface area contributed by atoms with Crippen LogP contribution < -0.4 is 18.9 Å². The molecule has 8 heteroatoms. The summed E-state index contributed by atoms with van der Waals surface area (Å²) in [5.41, 5.74) is 7.41. The van der Waals surface area contributed by atoms with E-state index in [4.69, 9.17) is 0 Å². The van der Waals surface area contributed by atoms with Gasteiger partial charge in [0, 0.05) is 102 Å². The Hall–Kier alpha value is -3.56. The number of quaternary nitrogens is 2. The van der Waals surface area contributed by atoms with Gasteiger partial charge < -0.3 is 18.8 Å². The summed E-state index contributed by atoms with van der Waals surface area (Å²) in [5, 5.41) is 0. The monoisotopic (exact) mass is 768 g/mol. The molecule has 0 aliphatic rings. The molecule has 0 spiro atoms. The third-order valence-electron chi connectivity index (χ3n) is 10.1. The molecule has 0 atom stereocenters. The summed E-state index contributed by atoms with van der Waals surface area (Å²) < 4.78 is 6.96. The SMILES string of the molecule is CN(C)c1ccc(C=Cc2cccc[n+]2CCCC[N+](C)(C)CCSSCC[N+](C)(C)CCCC[n+]2ccccc2C=Cc2ccc(N(C)C)cc2)cc1. The van der Waals surface area contributed by atoms with Gasteiger partial charge in [0.2, 0.25) is 11.4 Å². The number of aryl methyl sites for hydroxylation is 2. The quantitative estimate of drug-likeness (QED) is 0.0325. The number of nitrogens with zero attached hydrogens (tertiary/aromatic N) is 6. The van der Waals surface area contributed by atoms with Crippen molar-refractivity contribution >= 4 is 57.3 Å². The molecule has 0 amide bonds. The normalized spacial score (nSPS) is 12.2. The molecule has 2 aromatic carbocycles. The number of anilines is 2. The summed E-state index contributed by atoms with van der Waals surface area (Å²) in [7, 11) is 22.0. The van der Waals surface area contributed by atoms with Crippen LogP contribution in [0, 0.1) is 0 Å². The predicted molar refractivity (Wildman–Crippen MR) is 240 cm³/mol. The highest BCUT2D eigenvalue weighted by Crippen LogP contribution is 2.23. The smallest absolute Gasteiger partial charge is 0.205 e. The molecule has 0 fully saturated rings. The number of hydrogen-bond acceptors (Lipinski definition) is 4. The maximum absolute atomic E-state index is 2.40. The Labute approximate surface area is 336 Å². The van der Waals surface area contributed by atoms with E-state index in [1.165, 1.54) is 97.3 Å². The lowest BCUT2D eigenvalue weighted by Crippen LogP contribution is -2.43. The van der Waals surface area contributed by atoms with Crippen molar-refractivity contribution in [1.82, 2.24) is 0 Å². The molecule has 0 aliphatic heterocycles. The Morgan fingerprint density at radius 3 is 1.24 bits per heavy atom. The number of hydrogen-bond donors (Lipinski definition) is 0. The fraction of sp³-hybridized carbons (Fsp3) is 0.435. The molecule has 0 N–H and O–H groups in total. The average Bonchev–Trinajstić information content (AvgIpc) is 3.16. The van der Waals surface area contributed by atoms with Crippen molar-refractivity contribution in [2.24, 2.45) is 0 Å². The van der Waals surface area contributed by atoms with E-state index in [9.17, 15) is 0 Å². The van der Waals surface area contributed by atoms with E-state index in [1.54, 1.807) is 0 Å². The maximum atomic E-state index is 2.40. The zero-order chi connectivity index (χ0) is 38.8. The molecule has 54 heavy (non-hydrogen) atoms. The molecule has 2 aromatic heterocycles. The van der Waals surface area contributed by atoms with E-state index in [-0.39, 0.29) is 0 Å². The van der Waals surface area contributed by atoms with Gasteiger partial charge in [-0.3, -0.25) is 0 Å². The lowest BCUT2D eigenvalue weighted by atomic mass is 10.1. The lowest BCUT2D eigenvalue weighted by molar-refractivity contribution is -0.888. The van der Waals surface area contributed by atoms with Crippen LogP contribution in [0.2, 0.25) is 0 Å². The lowest BCUT2D eigenvalue weighted by Gasteiger charge is -2.30. The Kier molecular flexibility index (Phi) is 17.7. The van der Waals surface area contributed by atoms with Crippen molar-refractivity contribution in [2.75, 3.05) is 104 Å². The third-order valence-corrected chi connectivity index (χ3v) is 12.5. The fourth-order valence-electron chi connectivity index (χ4n) is 6.37. The Bertz CT molecular complexity index is 1600. The number of rotatable bonds is 23. The Morgan fingerprint density at radius 2 is 0.870 bits per heavy atom. The van der Waals surface area contributed by atoms with Crippen LogP contribution in [0.4, 0.5) is 11.4 Å². The van der Waals surface area contributed by atoms with E-state index in [0.29, 0.717) is 0 Å². The number of unbranched alkanes of at least 4 members (excludes halogenated alkanes) is 2. The van der Waals surface area contributed by atoms with E-state index in [0.717, 1.165) is 22.1 Å². The number of benzene rings is 2. The molecule has 0 saturated carbocycles. The summed E-state index contributed by atoms with van der Waals surface area (Å²) in [4.78, 5) is 4.27. The highest BCUT2D eigenvalue weighted by Gasteiger charge is 2.18. The van der Waals surface area contributed by atoms with Gasteiger partial charge >= 0.3 is 0 Å². The highest BCUT2D eigenvalue weighted by atomic mass is 33.1. The number of pyridine rings is 2. The van der Waals surface area contributed by atoms with E-state index in [1.807, 2.05) is 0 Å². The van der Waals surface area contributed by atoms with Crippen molar-refractivity contribution in [3.63, 3.8) is 0 Å². The second-order valence-corrected chi connectivity index (χ2v) is 18.8. The van der Waals surface area contributed by atoms with Crippen molar-refractivity contribution in [3.8, 4) is 0 Å². The van der Waals surface area contributed by atoms with Gasteiger partial charge in [0.05, 0.1) is 65.9 Å². The van der Waals surface area contributed by atoms with Crippen molar-refractivity contribution in [1.29, 1.82) is 0 Å². The first-order valence-electron chi connectivity index (χ1n) is 19.7. The molecule has 0 radical (unpaired) electrons. The summed E-state index contributed by atoms with van der Waals surface area (Å²) in [6.07, 6.45) is 18.2. The van der Waals surface area contributed by atoms with Crippen LogP contribution in [0.15, 0.2) is 97.3 Å². The molecular weight excluding hydrogens is 701 g/mol. The molecule has 0 unspecified atom stereocenters. The second kappa shape index (κ2) is 22.1. The molecule has 6 nitrogen and oxygen atoms in total. The van der Waals surface area contributed by atoms with Crippen LogP contribution in [0.1, 0.15) is 48.2 Å². The predicted octanol–water partition coefficient (Wildman–Crippen LogP) is 8.53. The van der Waals surface area contributed by atoms with Gasteiger partial charge in [-0.05, 0) is 59.7 Å².